The van der Waals surface area contributed by atoms with E-state index in [0.29, 0.717) is 12.0 Å². The first-order valence-electron chi connectivity index (χ1n) is 5.11. The summed E-state index contributed by atoms with van der Waals surface area (Å²) >= 11 is 0. The van der Waals surface area contributed by atoms with Crippen molar-refractivity contribution in [1.82, 2.24) is 0 Å². The van der Waals surface area contributed by atoms with E-state index in [0.717, 1.165) is 11.3 Å². The third kappa shape index (κ3) is 3.35. The van der Waals surface area contributed by atoms with Crippen LogP contribution in [0.2, 0.25) is 0 Å². The van der Waals surface area contributed by atoms with Crippen LogP contribution < -0.4 is 10.5 Å². The summed E-state index contributed by atoms with van der Waals surface area (Å²) in [4.78, 5) is 11.0. The number of allylic oxidation sites excluding steroid dienone is 1. The monoisotopic (exact) mass is 230 g/mol. The van der Waals surface area contributed by atoms with Crippen molar-refractivity contribution < 1.29 is 9.53 Å². The number of benzene rings is 1. The maximum Gasteiger partial charge on any atom is 0.259 e. The molecule has 0 aromatic heterocycles. The van der Waals surface area contributed by atoms with Crippen molar-refractivity contribution in [2.45, 2.75) is 13.3 Å². The molecule has 0 fully saturated rings. The third-order valence-corrected chi connectivity index (χ3v) is 2.41. The number of carbonyl (C=O) groups is 1. The molecule has 2 N–H and O–H groups in total. The normalized spacial score (nSPS) is 11.4. The highest BCUT2D eigenvalue weighted by Crippen LogP contribution is 2.15. The summed E-state index contributed by atoms with van der Waals surface area (Å²) in [7, 11) is 1.60. The Balaban J connectivity index is 2.91. The minimum absolute atomic E-state index is 0.0285. The average molecular weight is 230 g/mol. The second kappa shape index (κ2) is 5.71. The van der Waals surface area contributed by atoms with Gasteiger partial charge in [-0.2, -0.15) is 5.26 Å². The summed E-state index contributed by atoms with van der Waals surface area (Å²) in [5, 5.41) is 8.80. The van der Waals surface area contributed by atoms with Crippen LogP contribution in [0.25, 0.3) is 0 Å². The standard InChI is InChI=1S/C13H14N2O2/c1-9(12(8-14)13(15)16)7-10-3-5-11(17-2)6-4-10/h3-6H,7H2,1-2H3,(H2,15,16). The molecule has 88 valence electrons. The van der Waals surface area contributed by atoms with E-state index in [1.165, 1.54) is 0 Å². The Kier molecular flexibility index (Phi) is 4.29. The van der Waals surface area contributed by atoms with Gasteiger partial charge >= 0.3 is 0 Å². The lowest BCUT2D eigenvalue weighted by molar-refractivity contribution is -0.114. The van der Waals surface area contributed by atoms with Crippen LogP contribution in [0.4, 0.5) is 0 Å². The van der Waals surface area contributed by atoms with E-state index in [4.69, 9.17) is 15.7 Å². The van der Waals surface area contributed by atoms with Gasteiger partial charge in [0.05, 0.1) is 7.11 Å². The molecule has 0 spiro atoms. The molecule has 1 aromatic carbocycles. The van der Waals surface area contributed by atoms with Gasteiger partial charge in [0.15, 0.2) is 0 Å². The molecule has 0 unspecified atom stereocenters. The van der Waals surface area contributed by atoms with Crippen molar-refractivity contribution >= 4 is 5.91 Å². The molecule has 0 radical (unpaired) electrons. The van der Waals surface area contributed by atoms with Gasteiger partial charge in [0.2, 0.25) is 0 Å². The molecular formula is C13H14N2O2. The molecule has 0 saturated heterocycles. The van der Waals surface area contributed by atoms with Gasteiger partial charge in [-0.1, -0.05) is 12.1 Å². The fraction of sp³-hybridized carbons (Fsp3) is 0.231. The summed E-state index contributed by atoms with van der Waals surface area (Å²) < 4.78 is 5.04. The Hall–Kier alpha value is -2.28. The Morgan fingerprint density at radius 1 is 1.41 bits per heavy atom. The summed E-state index contributed by atoms with van der Waals surface area (Å²) in [5.41, 5.74) is 6.81. The zero-order valence-electron chi connectivity index (χ0n) is 9.86. The van der Waals surface area contributed by atoms with Crippen LogP contribution in [0.3, 0.4) is 0 Å². The van der Waals surface area contributed by atoms with Crippen molar-refractivity contribution in [3.63, 3.8) is 0 Å². The summed E-state index contributed by atoms with van der Waals surface area (Å²) in [5.74, 6) is 0.0873. The third-order valence-electron chi connectivity index (χ3n) is 2.41. The zero-order valence-corrected chi connectivity index (χ0v) is 9.86. The Bertz CT molecular complexity index is 481. The lowest BCUT2D eigenvalue weighted by Crippen LogP contribution is -2.14. The number of primary amides is 1. The van der Waals surface area contributed by atoms with E-state index in [1.54, 1.807) is 14.0 Å². The van der Waals surface area contributed by atoms with Gasteiger partial charge in [0.25, 0.3) is 5.91 Å². The topological polar surface area (TPSA) is 76.1 Å². The first-order valence-corrected chi connectivity index (χ1v) is 5.11. The van der Waals surface area contributed by atoms with Crippen molar-refractivity contribution in [2.75, 3.05) is 7.11 Å². The highest BCUT2D eigenvalue weighted by Gasteiger charge is 2.08. The molecule has 0 aliphatic carbocycles. The number of hydrogen-bond acceptors (Lipinski definition) is 3. The molecule has 0 heterocycles. The summed E-state index contributed by atoms with van der Waals surface area (Å²) in [6.07, 6.45) is 0.524. The van der Waals surface area contributed by atoms with E-state index in [9.17, 15) is 4.79 Å². The van der Waals surface area contributed by atoms with Crippen LogP contribution in [-0.2, 0) is 11.2 Å². The van der Waals surface area contributed by atoms with Crippen molar-refractivity contribution in [1.29, 1.82) is 5.26 Å². The van der Waals surface area contributed by atoms with E-state index in [2.05, 4.69) is 0 Å². The van der Waals surface area contributed by atoms with Crippen molar-refractivity contribution in [2.24, 2.45) is 5.73 Å². The van der Waals surface area contributed by atoms with Gasteiger partial charge in [0, 0.05) is 0 Å². The quantitative estimate of drug-likeness (QED) is 0.630. The summed E-state index contributed by atoms with van der Waals surface area (Å²) in [6.45, 7) is 1.73. The molecule has 0 aliphatic rings. The lowest BCUT2D eigenvalue weighted by Gasteiger charge is -2.05. The van der Waals surface area contributed by atoms with Crippen LogP contribution in [0.1, 0.15) is 12.5 Å². The molecule has 4 nitrogen and oxygen atoms in total. The van der Waals surface area contributed by atoms with Crippen molar-refractivity contribution in [3.05, 3.63) is 41.0 Å². The van der Waals surface area contributed by atoms with Crippen LogP contribution in [0.5, 0.6) is 5.75 Å². The Morgan fingerprint density at radius 2 is 2.00 bits per heavy atom. The fourth-order valence-corrected chi connectivity index (χ4v) is 1.50. The van der Waals surface area contributed by atoms with Crippen LogP contribution >= 0.6 is 0 Å². The average Bonchev–Trinajstić information content (AvgIpc) is 2.30. The molecular weight excluding hydrogens is 216 g/mol. The molecule has 0 aliphatic heterocycles. The smallest absolute Gasteiger partial charge is 0.259 e. The number of ether oxygens (including phenoxy) is 1. The van der Waals surface area contributed by atoms with Gasteiger partial charge in [-0.25, -0.2) is 0 Å². The number of methoxy groups -OCH3 is 1. The van der Waals surface area contributed by atoms with Gasteiger partial charge in [0.1, 0.15) is 17.4 Å². The predicted octanol–water partition coefficient (Wildman–Crippen LogP) is 1.56. The number of nitrogens with zero attached hydrogens (tertiary/aromatic N) is 1. The number of nitrogens with two attached hydrogens (primary N) is 1. The van der Waals surface area contributed by atoms with E-state index in [1.807, 2.05) is 30.3 Å². The second-order valence-corrected chi connectivity index (χ2v) is 3.66. The fourth-order valence-electron chi connectivity index (χ4n) is 1.50. The predicted molar refractivity (Wildman–Crippen MR) is 64.2 cm³/mol. The second-order valence-electron chi connectivity index (χ2n) is 3.66. The molecule has 0 saturated carbocycles. The minimum Gasteiger partial charge on any atom is -0.497 e. The van der Waals surface area contributed by atoms with Gasteiger partial charge in [-0.3, -0.25) is 4.79 Å². The van der Waals surface area contributed by atoms with Gasteiger partial charge in [-0.05, 0) is 36.6 Å². The molecule has 17 heavy (non-hydrogen) atoms. The maximum absolute atomic E-state index is 11.0. The minimum atomic E-state index is -0.682. The molecule has 1 aromatic rings. The maximum atomic E-state index is 11.0. The number of hydrogen-bond donors (Lipinski definition) is 1. The highest BCUT2D eigenvalue weighted by atomic mass is 16.5. The highest BCUT2D eigenvalue weighted by molar-refractivity contribution is 5.96. The molecule has 1 amide bonds. The number of carbonyl (C=O) groups excluding carboxylic acids is 1. The summed E-state index contributed by atoms with van der Waals surface area (Å²) in [6, 6.07) is 9.26. The number of amides is 1. The van der Waals surface area contributed by atoms with Gasteiger partial charge in [-0.15, -0.1) is 0 Å². The number of rotatable bonds is 4. The SMILES string of the molecule is COc1ccc(CC(C)=C(C#N)C(N)=O)cc1. The van der Waals surface area contributed by atoms with E-state index < -0.39 is 5.91 Å². The zero-order chi connectivity index (χ0) is 12.8. The molecule has 4 heteroatoms. The van der Waals surface area contributed by atoms with Crippen molar-refractivity contribution in [3.8, 4) is 11.8 Å². The lowest BCUT2D eigenvalue weighted by atomic mass is 10.0. The largest absolute Gasteiger partial charge is 0.497 e. The number of nitriles is 1. The van der Waals surface area contributed by atoms with Gasteiger partial charge < -0.3 is 10.5 Å². The molecule has 0 atom stereocenters. The van der Waals surface area contributed by atoms with Crippen LogP contribution in [0, 0.1) is 11.3 Å². The van der Waals surface area contributed by atoms with E-state index in [-0.39, 0.29) is 5.57 Å². The first kappa shape index (κ1) is 12.8. The van der Waals surface area contributed by atoms with E-state index >= 15 is 0 Å². The molecule has 1 rings (SSSR count). The Labute approximate surface area is 100 Å². The van der Waals surface area contributed by atoms with Crippen LogP contribution in [0.15, 0.2) is 35.4 Å². The molecule has 0 bridgehead atoms. The first-order chi connectivity index (χ1) is 8.08. The van der Waals surface area contributed by atoms with Crippen LogP contribution in [-0.4, -0.2) is 13.0 Å². The Morgan fingerprint density at radius 3 is 2.41 bits per heavy atom.